The zero-order chi connectivity index (χ0) is 12.3. The number of methoxy groups -OCH3 is 1. The average molecular weight is 229 g/mol. The smallest absolute Gasteiger partial charge is 0.129 e. The van der Waals surface area contributed by atoms with Gasteiger partial charge >= 0.3 is 0 Å². The highest BCUT2D eigenvalue weighted by atomic mass is 16.5. The summed E-state index contributed by atoms with van der Waals surface area (Å²) < 4.78 is 5.11. The number of nitrogen functional groups attached to an aromatic ring is 2. The van der Waals surface area contributed by atoms with Gasteiger partial charge in [-0.1, -0.05) is 18.2 Å². The zero-order valence-electron chi connectivity index (χ0n) is 9.68. The molecule has 88 valence electrons. The minimum absolute atomic E-state index is 0.445. The summed E-state index contributed by atoms with van der Waals surface area (Å²) in [6.07, 6.45) is 0.739. The third kappa shape index (κ3) is 2.66. The van der Waals surface area contributed by atoms with Crippen molar-refractivity contribution >= 4 is 11.6 Å². The van der Waals surface area contributed by atoms with Crippen LogP contribution in [-0.4, -0.2) is 12.1 Å². The number of anilines is 2. The van der Waals surface area contributed by atoms with Gasteiger partial charge in [-0.25, -0.2) is 4.98 Å². The molecule has 2 aromatic rings. The lowest BCUT2D eigenvalue weighted by atomic mass is 10.1. The highest BCUT2D eigenvalue weighted by Crippen LogP contribution is 2.18. The molecule has 0 bridgehead atoms. The van der Waals surface area contributed by atoms with Gasteiger partial charge in [-0.15, -0.1) is 0 Å². The Morgan fingerprint density at radius 3 is 2.35 bits per heavy atom. The van der Waals surface area contributed by atoms with E-state index < -0.39 is 0 Å². The fourth-order valence-corrected chi connectivity index (χ4v) is 1.63. The summed E-state index contributed by atoms with van der Waals surface area (Å²) in [5, 5.41) is 0. The van der Waals surface area contributed by atoms with Crippen molar-refractivity contribution in [2.75, 3.05) is 18.6 Å². The predicted molar refractivity (Wildman–Crippen MR) is 68.9 cm³/mol. The third-order valence-corrected chi connectivity index (χ3v) is 2.59. The summed E-state index contributed by atoms with van der Waals surface area (Å²) in [5.74, 6) is 1.78. The number of rotatable bonds is 3. The third-order valence-electron chi connectivity index (χ3n) is 2.59. The van der Waals surface area contributed by atoms with E-state index in [1.165, 1.54) is 0 Å². The van der Waals surface area contributed by atoms with Gasteiger partial charge in [0.1, 0.15) is 17.4 Å². The predicted octanol–water partition coefficient (Wildman–Crippen LogP) is 1.85. The molecule has 1 aromatic carbocycles. The van der Waals surface area contributed by atoms with Crippen molar-refractivity contribution in [1.29, 1.82) is 0 Å². The van der Waals surface area contributed by atoms with Crippen LogP contribution in [0, 0.1) is 0 Å². The first-order valence-electron chi connectivity index (χ1n) is 5.33. The van der Waals surface area contributed by atoms with Crippen molar-refractivity contribution in [3.05, 3.63) is 47.5 Å². The summed E-state index contributed by atoms with van der Waals surface area (Å²) in [7, 11) is 1.65. The molecule has 4 heteroatoms. The van der Waals surface area contributed by atoms with Gasteiger partial charge in [-0.2, -0.15) is 0 Å². The molecule has 1 heterocycles. The number of nitrogens with two attached hydrogens (primary N) is 2. The topological polar surface area (TPSA) is 74.2 Å². The Kier molecular flexibility index (Phi) is 3.14. The molecule has 4 N–H and O–H groups in total. The maximum atomic E-state index is 5.81. The fourth-order valence-electron chi connectivity index (χ4n) is 1.63. The van der Waals surface area contributed by atoms with E-state index >= 15 is 0 Å². The molecule has 0 saturated carbocycles. The number of hydrogen-bond donors (Lipinski definition) is 2. The maximum Gasteiger partial charge on any atom is 0.129 e. The Morgan fingerprint density at radius 1 is 1.06 bits per heavy atom. The van der Waals surface area contributed by atoms with Crippen molar-refractivity contribution in [2.45, 2.75) is 6.42 Å². The molecule has 0 aliphatic heterocycles. The van der Waals surface area contributed by atoms with Crippen LogP contribution in [0.2, 0.25) is 0 Å². The van der Waals surface area contributed by atoms with Crippen LogP contribution in [-0.2, 0) is 6.42 Å². The van der Waals surface area contributed by atoms with Crippen LogP contribution in [0.25, 0.3) is 0 Å². The number of benzene rings is 1. The summed E-state index contributed by atoms with van der Waals surface area (Å²) in [4.78, 5) is 4.03. The minimum atomic E-state index is 0.445. The maximum absolute atomic E-state index is 5.81. The standard InChI is InChI=1S/C13H15N3O/c1-17-11-5-2-9(3-6-11)8-10-4-7-12(14)16-13(10)15/h2-7H,8H2,1H3,(H4,14,15,16). The van der Waals surface area contributed by atoms with Crippen LogP contribution in [0.4, 0.5) is 11.6 Å². The second kappa shape index (κ2) is 4.74. The first kappa shape index (κ1) is 11.3. The van der Waals surface area contributed by atoms with E-state index in [-0.39, 0.29) is 0 Å². The minimum Gasteiger partial charge on any atom is -0.497 e. The van der Waals surface area contributed by atoms with E-state index in [2.05, 4.69) is 4.98 Å². The Hall–Kier alpha value is -2.23. The molecule has 0 spiro atoms. The van der Waals surface area contributed by atoms with Crippen LogP contribution in [0.15, 0.2) is 36.4 Å². The van der Waals surface area contributed by atoms with E-state index in [9.17, 15) is 0 Å². The van der Waals surface area contributed by atoms with Gasteiger partial charge < -0.3 is 16.2 Å². The SMILES string of the molecule is COc1ccc(Cc2ccc(N)nc2N)cc1. The molecule has 0 atom stereocenters. The van der Waals surface area contributed by atoms with Crippen molar-refractivity contribution in [3.63, 3.8) is 0 Å². The zero-order valence-corrected chi connectivity index (χ0v) is 9.68. The molecule has 0 aliphatic carbocycles. The van der Waals surface area contributed by atoms with Gasteiger partial charge in [0.25, 0.3) is 0 Å². The normalized spacial score (nSPS) is 10.2. The van der Waals surface area contributed by atoms with Crippen LogP contribution >= 0.6 is 0 Å². The lowest BCUT2D eigenvalue weighted by molar-refractivity contribution is 0.414. The van der Waals surface area contributed by atoms with Crippen LogP contribution in [0.1, 0.15) is 11.1 Å². The van der Waals surface area contributed by atoms with Gasteiger partial charge in [0.2, 0.25) is 0 Å². The highest BCUT2D eigenvalue weighted by Gasteiger charge is 2.03. The van der Waals surface area contributed by atoms with Gasteiger partial charge in [0, 0.05) is 6.42 Å². The quantitative estimate of drug-likeness (QED) is 0.842. The summed E-state index contributed by atoms with van der Waals surface area (Å²) in [5.41, 5.74) is 13.5. The first-order chi connectivity index (χ1) is 8.19. The molecular weight excluding hydrogens is 214 g/mol. The Morgan fingerprint density at radius 2 is 1.76 bits per heavy atom. The van der Waals surface area contributed by atoms with Crippen molar-refractivity contribution in [3.8, 4) is 5.75 Å². The summed E-state index contributed by atoms with van der Waals surface area (Å²) >= 11 is 0. The summed E-state index contributed by atoms with van der Waals surface area (Å²) in [6, 6.07) is 11.5. The van der Waals surface area contributed by atoms with Gasteiger partial charge in [-0.3, -0.25) is 0 Å². The van der Waals surface area contributed by atoms with E-state index in [0.29, 0.717) is 11.6 Å². The molecule has 0 saturated heterocycles. The molecular formula is C13H15N3O. The van der Waals surface area contributed by atoms with Crippen molar-refractivity contribution in [1.82, 2.24) is 4.98 Å². The van der Waals surface area contributed by atoms with Gasteiger partial charge in [0.05, 0.1) is 7.11 Å². The largest absolute Gasteiger partial charge is 0.497 e. The number of nitrogens with zero attached hydrogens (tertiary/aromatic N) is 1. The second-order valence-corrected chi connectivity index (χ2v) is 3.81. The molecule has 17 heavy (non-hydrogen) atoms. The lowest BCUT2D eigenvalue weighted by Gasteiger charge is -2.06. The van der Waals surface area contributed by atoms with Gasteiger partial charge in [0.15, 0.2) is 0 Å². The van der Waals surface area contributed by atoms with E-state index in [0.717, 1.165) is 23.3 Å². The molecule has 4 nitrogen and oxygen atoms in total. The number of aromatic nitrogens is 1. The monoisotopic (exact) mass is 229 g/mol. The number of hydrogen-bond acceptors (Lipinski definition) is 4. The Balaban J connectivity index is 2.19. The fraction of sp³-hybridized carbons (Fsp3) is 0.154. The second-order valence-electron chi connectivity index (χ2n) is 3.81. The molecule has 1 aromatic heterocycles. The Bertz CT molecular complexity index is 509. The van der Waals surface area contributed by atoms with Gasteiger partial charge in [-0.05, 0) is 29.3 Å². The molecule has 0 amide bonds. The summed E-state index contributed by atoms with van der Waals surface area (Å²) in [6.45, 7) is 0. The van der Waals surface area contributed by atoms with E-state index in [1.807, 2.05) is 30.3 Å². The first-order valence-corrected chi connectivity index (χ1v) is 5.33. The molecule has 0 aliphatic rings. The molecule has 0 fully saturated rings. The Labute approximate surface area is 100 Å². The van der Waals surface area contributed by atoms with Crippen LogP contribution in [0.3, 0.4) is 0 Å². The number of ether oxygens (including phenoxy) is 1. The van der Waals surface area contributed by atoms with Crippen molar-refractivity contribution < 1.29 is 4.74 Å². The van der Waals surface area contributed by atoms with Crippen LogP contribution < -0.4 is 16.2 Å². The molecule has 0 unspecified atom stereocenters. The average Bonchev–Trinajstić information content (AvgIpc) is 2.34. The lowest BCUT2D eigenvalue weighted by Crippen LogP contribution is -2.01. The highest BCUT2D eigenvalue weighted by molar-refractivity contribution is 5.48. The van der Waals surface area contributed by atoms with Crippen molar-refractivity contribution in [2.24, 2.45) is 0 Å². The van der Waals surface area contributed by atoms with Crippen LogP contribution in [0.5, 0.6) is 5.75 Å². The van der Waals surface area contributed by atoms with E-state index in [4.69, 9.17) is 16.2 Å². The molecule has 0 radical (unpaired) electrons. The van der Waals surface area contributed by atoms with E-state index in [1.54, 1.807) is 13.2 Å². The molecule has 2 rings (SSSR count). The number of pyridine rings is 1.